The number of carbonyl (C=O) groups excluding carboxylic acids is 3. The van der Waals surface area contributed by atoms with Gasteiger partial charge in [0.15, 0.2) is 0 Å². The minimum absolute atomic E-state index is 0.0908. The molecule has 3 amide bonds. The van der Waals surface area contributed by atoms with Gasteiger partial charge in [-0.2, -0.15) is 0 Å². The summed E-state index contributed by atoms with van der Waals surface area (Å²) in [5.74, 6) is -1.98. The van der Waals surface area contributed by atoms with Crippen molar-refractivity contribution in [1.29, 1.82) is 0 Å². The molecular formula is C21H17FN2O3. The van der Waals surface area contributed by atoms with Gasteiger partial charge in [0, 0.05) is 5.56 Å². The summed E-state index contributed by atoms with van der Waals surface area (Å²) in [7, 11) is 0. The lowest BCUT2D eigenvalue weighted by Gasteiger charge is -2.15. The second-order valence-electron chi connectivity index (χ2n) is 6.65. The van der Waals surface area contributed by atoms with Crippen LogP contribution in [-0.4, -0.2) is 17.7 Å². The lowest BCUT2D eigenvalue weighted by atomic mass is 9.85. The maximum Gasteiger partial charge on any atom is 0.255 e. The molecule has 136 valence electrons. The predicted molar refractivity (Wildman–Crippen MR) is 98.6 cm³/mol. The fourth-order valence-electron chi connectivity index (χ4n) is 3.57. The van der Waals surface area contributed by atoms with Gasteiger partial charge in [-0.05, 0) is 49.2 Å². The number of para-hydroxylation sites is 1. The number of fused-ring (bicyclic) bond motifs is 1. The molecule has 2 aromatic rings. The molecule has 5 nitrogen and oxygen atoms in total. The average molecular weight is 364 g/mol. The number of hydrogen-bond acceptors (Lipinski definition) is 3. The van der Waals surface area contributed by atoms with Crippen molar-refractivity contribution in [2.45, 2.75) is 12.8 Å². The van der Waals surface area contributed by atoms with E-state index in [1.807, 2.05) is 12.2 Å². The molecule has 6 heteroatoms. The molecular weight excluding hydrogens is 347 g/mol. The van der Waals surface area contributed by atoms with Gasteiger partial charge in [0.2, 0.25) is 11.8 Å². The number of hydrogen-bond donors (Lipinski definition) is 1. The molecule has 1 aliphatic heterocycles. The van der Waals surface area contributed by atoms with Crippen LogP contribution in [-0.2, 0) is 9.59 Å². The first-order valence-corrected chi connectivity index (χ1v) is 8.75. The Morgan fingerprint density at radius 3 is 2.11 bits per heavy atom. The first kappa shape index (κ1) is 17.1. The number of imide groups is 1. The highest BCUT2D eigenvalue weighted by molar-refractivity contribution is 6.22. The quantitative estimate of drug-likeness (QED) is 0.669. The van der Waals surface area contributed by atoms with Crippen LogP contribution < -0.4 is 10.2 Å². The molecule has 2 aromatic carbocycles. The zero-order chi connectivity index (χ0) is 19.0. The summed E-state index contributed by atoms with van der Waals surface area (Å²) in [5.41, 5.74) is 0.843. The first-order valence-electron chi connectivity index (χ1n) is 8.75. The third-order valence-electron chi connectivity index (χ3n) is 5.02. The van der Waals surface area contributed by atoms with Crippen LogP contribution in [0.5, 0.6) is 0 Å². The SMILES string of the molecule is O=C(Nc1ccccc1F)c1ccc(N2C(=O)C3CC=CCC3C2=O)cc1. The van der Waals surface area contributed by atoms with Crippen molar-refractivity contribution in [2.75, 3.05) is 10.2 Å². The van der Waals surface area contributed by atoms with Gasteiger partial charge in [-0.15, -0.1) is 0 Å². The maximum absolute atomic E-state index is 13.7. The third-order valence-corrected chi connectivity index (χ3v) is 5.02. The highest BCUT2D eigenvalue weighted by Crippen LogP contribution is 2.37. The largest absolute Gasteiger partial charge is 0.319 e. The van der Waals surface area contributed by atoms with Crippen LogP contribution in [0, 0.1) is 17.7 Å². The Morgan fingerprint density at radius 2 is 1.52 bits per heavy atom. The number of benzene rings is 2. The summed E-state index contributed by atoms with van der Waals surface area (Å²) >= 11 is 0. The van der Waals surface area contributed by atoms with Gasteiger partial charge >= 0.3 is 0 Å². The molecule has 2 aliphatic rings. The molecule has 2 atom stereocenters. The van der Waals surface area contributed by atoms with Gasteiger partial charge in [0.05, 0.1) is 23.2 Å². The second-order valence-corrected chi connectivity index (χ2v) is 6.65. The Morgan fingerprint density at radius 1 is 0.926 bits per heavy atom. The monoisotopic (exact) mass is 364 g/mol. The van der Waals surface area contributed by atoms with E-state index in [0.29, 0.717) is 24.1 Å². The van der Waals surface area contributed by atoms with Crippen LogP contribution >= 0.6 is 0 Å². The standard InChI is InChI=1S/C21H17FN2O3/c22-17-7-3-4-8-18(17)23-19(25)13-9-11-14(12-10-13)24-20(26)15-5-1-2-6-16(15)21(24)27/h1-4,7-12,15-16H,5-6H2,(H,23,25). The summed E-state index contributed by atoms with van der Waals surface area (Å²) in [6.07, 6.45) is 5.03. The number of nitrogens with zero attached hydrogens (tertiary/aromatic N) is 1. The van der Waals surface area contributed by atoms with E-state index in [1.165, 1.54) is 35.2 Å². The topological polar surface area (TPSA) is 66.5 Å². The molecule has 1 heterocycles. The zero-order valence-electron chi connectivity index (χ0n) is 14.4. The number of allylic oxidation sites excluding steroid dienone is 2. The number of carbonyl (C=O) groups is 3. The Bertz CT molecular complexity index is 926. The van der Waals surface area contributed by atoms with Crippen molar-refractivity contribution in [1.82, 2.24) is 0 Å². The van der Waals surface area contributed by atoms with E-state index in [2.05, 4.69) is 5.32 Å². The van der Waals surface area contributed by atoms with Crippen LogP contribution in [0.25, 0.3) is 0 Å². The van der Waals surface area contributed by atoms with E-state index in [0.717, 1.165) is 0 Å². The molecule has 1 fully saturated rings. The Kier molecular flexibility index (Phi) is 4.32. The maximum atomic E-state index is 13.7. The molecule has 27 heavy (non-hydrogen) atoms. The molecule has 4 rings (SSSR count). The van der Waals surface area contributed by atoms with Crippen LogP contribution in [0.3, 0.4) is 0 Å². The van der Waals surface area contributed by atoms with Gasteiger partial charge < -0.3 is 5.32 Å². The molecule has 0 aromatic heterocycles. The smallest absolute Gasteiger partial charge is 0.255 e. The lowest BCUT2D eigenvalue weighted by molar-refractivity contribution is -0.122. The minimum atomic E-state index is -0.521. The highest BCUT2D eigenvalue weighted by atomic mass is 19.1. The molecule has 1 N–H and O–H groups in total. The molecule has 0 saturated carbocycles. The summed E-state index contributed by atoms with van der Waals surface area (Å²) in [4.78, 5) is 38.7. The van der Waals surface area contributed by atoms with Crippen molar-refractivity contribution in [2.24, 2.45) is 11.8 Å². The van der Waals surface area contributed by atoms with Crippen LogP contribution in [0.4, 0.5) is 15.8 Å². The summed E-state index contributed by atoms with van der Waals surface area (Å²) < 4.78 is 13.7. The molecule has 0 bridgehead atoms. The first-order chi connectivity index (χ1) is 13.1. The zero-order valence-corrected chi connectivity index (χ0v) is 14.4. The van der Waals surface area contributed by atoms with E-state index in [4.69, 9.17) is 0 Å². The van der Waals surface area contributed by atoms with E-state index < -0.39 is 11.7 Å². The van der Waals surface area contributed by atoms with Gasteiger partial charge in [-0.1, -0.05) is 24.3 Å². The van der Waals surface area contributed by atoms with Gasteiger partial charge in [0.1, 0.15) is 5.82 Å². The van der Waals surface area contributed by atoms with Gasteiger partial charge in [-0.3, -0.25) is 19.3 Å². The van der Waals surface area contributed by atoms with Crippen LogP contribution in [0.2, 0.25) is 0 Å². The van der Waals surface area contributed by atoms with E-state index >= 15 is 0 Å². The van der Waals surface area contributed by atoms with E-state index in [-0.39, 0.29) is 29.3 Å². The third kappa shape index (κ3) is 3.03. The number of halogens is 1. The van der Waals surface area contributed by atoms with Crippen molar-refractivity contribution in [3.05, 3.63) is 72.1 Å². The fourth-order valence-corrected chi connectivity index (χ4v) is 3.57. The molecule has 0 spiro atoms. The predicted octanol–water partition coefficient (Wildman–Crippen LogP) is 3.53. The molecule has 0 radical (unpaired) electrons. The number of rotatable bonds is 3. The van der Waals surface area contributed by atoms with Gasteiger partial charge in [-0.25, -0.2) is 4.39 Å². The molecule has 1 saturated heterocycles. The van der Waals surface area contributed by atoms with Crippen LogP contribution in [0.1, 0.15) is 23.2 Å². The normalized spacial score (nSPS) is 21.3. The number of anilines is 2. The highest BCUT2D eigenvalue weighted by Gasteiger charge is 2.47. The number of amides is 3. The number of nitrogens with one attached hydrogen (secondary N) is 1. The molecule has 2 unspecified atom stereocenters. The van der Waals surface area contributed by atoms with Crippen molar-refractivity contribution >= 4 is 29.1 Å². The fraction of sp³-hybridized carbons (Fsp3) is 0.190. The average Bonchev–Trinajstić information content (AvgIpc) is 2.95. The van der Waals surface area contributed by atoms with Crippen molar-refractivity contribution in [3.63, 3.8) is 0 Å². The van der Waals surface area contributed by atoms with E-state index in [9.17, 15) is 18.8 Å². The summed E-state index contributed by atoms with van der Waals surface area (Å²) in [6.45, 7) is 0. The molecule has 1 aliphatic carbocycles. The van der Waals surface area contributed by atoms with E-state index in [1.54, 1.807) is 18.2 Å². The Hall–Kier alpha value is -3.28. The van der Waals surface area contributed by atoms with Gasteiger partial charge in [0.25, 0.3) is 5.91 Å². The van der Waals surface area contributed by atoms with Crippen LogP contribution in [0.15, 0.2) is 60.7 Å². The lowest BCUT2D eigenvalue weighted by Crippen LogP contribution is -2.30. The Balaban J connectivity index is 1.52. The summed E-state index contributed by atoms with van der Waals surface area (Å²) in [5, 5.41) is 2.50. The minimum Gasteiger partial charge on any atom is -0.319 e. The van der Waals surface area contributed by atoms with Crippen molar-refractivity contribution < 1.29 is 18.8 Å². The second kappa shape index (κ2) is 6.79. The Labute approximate surface area is 155 Å². The summed E-state index contributed by atoms with van der Waals surface area (Å²) in [6, 6.07) is 12.1. The van der Waals surface area contributed by atoms with Crippen molar-refractivity contribution in [3.8, 4) is 0 Å².